The van der Waals surface area contributed by atoms with Crippen LogP contribution in [0.3, 0.4) is 0 Å². The van der Waals surface area contributed by atoms with Gasteiger partial charge in [0, 0.05) is 5.39 Å². The molecule has 0 fully saturated rings. The van der Waals surface area contributed by atoms with Crippen molar-refractivity contribution >= 4 is 10.8 Å². The second kappa shape index (κ2) is 3.70. The van der Waals surface area contributed by atoms with Gasteiger partial charge in [0.1, 0.15) is 5.75 Å². The van der Waals surface area contributed by atoms with Crippen molar-refractivity contribution in [1.82, 2.24) is 0 Å². The first-order valence-corrected chi connectivity index (χ1v) is 4.94. The predicted octanol–water partition coefficient (Wildman–Crippen LogP) is 3.55. The zero-order valence-corrected chi connectivity index (χ0v) is 8.58. The Morgan fingerprint density at radius 3 is 2.50 bits per heavy atom. The van der Waals surface area contributed by atoms with Crippen molar-refractivity contribution in [2.45, 2.75) is 13.8 Å². The van der Waals surface area contributed by atoms with Crippen molar-refractivity contribution in [3.05, 3.63) is 42.0 Å². The minimum Gasteiger partial charge on any atom is -0.493 e. The fourth-order valence-electron chi connectivity index (χ4n) is 1.72. The number of fused-ring (bicyclic) bond motifs is 1. The summed E-state index contributed by atoms with van der Waals surface area (Å²) in [6.45, 7) is 4.85. The van der Waals surface area contributed by atoms with Gasteiger partial charge in [-0.25, -0.2) is 0 Å². The molecule has 0 radical (unpaired) electrons. The van der Waals surface area contributed by atoms with Gasteiger partial charge in [-0.15, -0.1) is 0 Å². The lowest BCUT2D eigenvalue weighted by Gasteiger charge is -2.08. The molecule has 0 aromatic heterocycles. The van der Waals surface area contributed by atoms with Crippen molar-refractivity contribution in [2.75, 3.05) is 6.61 Å². The van der Waals surface area contributed by atoms with Gasteiger partial charge in [0.05, 0.1) is 6.61 Å². The summed E-state index contributed by atoms with van der Waals surface area (Å²) in [6, 6.07) is 12.5. The molecule has 0 N–H and O–H groups in total. The summed E-state index contributed by atoms with van der Waals surface area (Å²) in [5.41, 5.74) is 1.30. The Labute approximate surface area is 84.3 Å². The summed E-state index contributed by atoms with van der Waals surface area (Å²) in [7, 11) is 0. The molecule has 0 atom stereocenters. The summed E-state index contributed by atoms with van der Waals surface area (Å²) in [5.74, 6) is 0.980. The minimum absolute atomic E-state index is 0.715. The summed E-state index contributed by atoms with van der Waals surface area (Å²) < 4.78 is 5.57. The van der Waals surface area contributed by atoms with E-state index in [9.17, 15) is 0 Å². The van der Waals surface area contributed by atoms with Crippen LogP contribution in [0.25, 0.3) is 10.8 Å². The maximum atomic E-state index is 5.57. The van der Waals surface area contributed by atoms with E-state index in [2.05, 4.69) is 31.2 Å². The Hall–Kier alpha value is -1.50. The van der Waals surface area contributed by atoms with Crippen molar-refractivity contribution in [3.8, 4) is 5.75 Å². The number of ether oxygens (including phenoxy) is 1. The average molecular weight is 186 g/mol. The summed E-state index contributed by atoms with van der Waals surface area (Å²) >= 11 is 0. The van der Waals surface area contributed by atoms with Crippen molar-refractivity contribution < 1.29 is 4.74 Å². The maximum absolute atomic E-state index is 5.57. The zero-order valence-electron chi connectivity index (χ0n) is 8.58. The van der Waals surface area contributed by atoms with Gasteiger partial charge in [0.15, 0.2) is 0 Å². The van der Waals surface area contributed by atoms with Gasteiger partial charge >= 0.3 is 0 Å². The van der Waals surface area contributed by atoms with Gasteiger partial charge in [-0.1, -0.05) is 30.3 Å². The predicted molar refractivity (Wildman–Crippen MR) is 59.9 cm³/mol. The van der Waals surface area contributed by atoms with Gasteiger partial charge in [-0.05, 0) is 30.9 Å². The second-order valence-corrected chi connectivity index (χ2v) is 3.36. The van der Waals surface area contributed by atoms with Gasteiger partial charge in [-0.3, -0.25) is 0 Å². The van der Waals surface area contributed by atoms with Crippen molar-refractivity contribution in [1.29, 1.82) is 0 Å². The van der Waals surface area contributed by atoms with E-state index in [1.54, 1.807) is 0 Å². The third-order valence-electron chi connectivity index (χ3n) is 2.40. The Morgan fingerprint density at radius 2 is 1.71 bits per heavy atom. The lowest BCUT2D eigenvalue weighted by atomic mass is 10.1. The summed E-state index contributed by atoms with van der Waals surface area (Å²) in [5, 5.41) is 2.48. The van der Waals surface area contributed by atoms with Crippen molar-refractivity contribution in [3.63, 3.8) is 0 Å². The molecule has 0 aliphatic heterocycles. The van der Waals surface area contributed by atoms with Gasteiger partial charge in [0.25, 0.3) is 0 Å². The van der Waals surface area contributed by atoms with Gasteiger partial charge in [-0.2, -0.15) is 0 Å². The molecule has 1 nitrogen and oxygen atoms in total. The van der Waals surface area contributed by atoms with Crippen LogP contribution in [0.4, 0.5) is 0 Å². The summed E-state index contributed by atoms with van der Waals surface area (Å²) in [4.78, 5) is 0. The van der Waals surface area contributed by atoms with Crippen LogP contribution < -0.4 is 4.74 Å². The van der Waals surface area contributed by atoms with E-state index < -0.39 is 0 Å². The molecule has 0 saturated heterocycles. The van der Waals surface area contributed by atoms with E-state index in [1.807, 2.05) is 19.1 Å². The molecule has 0 saturated carbocycles. The molecule has 0 amide bonds. The zero-order chi connectivity index (χ0) is 9.97. The van der Waals surface area contributed by atoms with Crippen LogP contribution in [-0.2, 0) is 0 Å². The number of aryl methyl sites for hydroxylation is 1. The quantitative estimate of drug-likeness (QED) is 0.697. The minimum atomic E-state index is 0.715. The number of rotatable bonds is 2. The average Bonchev–Trinajstić information content (AvgIpc) is 2.20. The molecule has 72 valence electrons. The van der Waals surface area contributed by atoms with E-state index in [-0.39, 0.29) is 0 Å². The largest absolute Gasteiger partial charge is 0.493 e. The first-order chi connectivity index (χ1) is 6.83. The fraction of sp³-hybridized carbons (Fsp3) is 0.231. The molecule has 0 unspecified atom stereocenters. The first-order valence-electron chi connectivity index (χ1n) is 4.94. The molecular weight excluding hydrogens is 172 g/mol. The number of hydrogen-bond acceptors (Lipinski definition) is 1. The normalized spacial score (nSPS) is 10.4. The van der Waals surface area contributed by atoms with Crippen LogP contribution in [0.2, 0.25) is 0 Å². The Balaban J connectivity index is 2.68. The monoisotopic (exact) mass is 186 g/mol. The van der Waals surface area contributed by atoms with E-state index in [4.69, 9.17) is 4.74 Å². The topological polar surface area (TPSA) is 9.23 Å². The van der Waals surface area contributed by atoms with Crippen LogP contribution in [-0.4, -0.2) is 6.61 Å². The van der Waals surface area contributed by atoms with Crippen LogP contribution in [0.5, 0.6) is 5.75 Å². The maximum Gasteiger partial charge on any atom is 0.127 e. The molecule has 2 aromatic carbocycles. The highest BCUT2D eigenvalue weighted by molar-refractivity contribution is 5.90. The molecule has 1 heteroatoms. The molecule has 14 heavy (non-hydrogen) atoms. The summed E-state index contributed by atoms with van der Waals surface area (Å²) in [6.07, 6.45) is 0. The van der Waals surface area contributed by atoms with Gasteiger partial charge in [0.2, 0.25) is 0 Å². The van der Waals surface area contributed by atoms with E-state index in [0.29, 0.717) is 6.61 Å². The third-order valence-corrected chi connectivity index (χ3v) is 2.40. The number of benzene rings is 2. The lowest BCUT2D eigenvalue weighted by Crippen LogP contribution is -1.92. The molecular formula is C13H14O. The molecule has 0 aliphatic carbocycles. The fourth-order valence-corrected chi connectivity index (χ4v) is 1.72. The molecule has 2 rings (SSSR count). The Morgan fingerprint density at radius 1 is 1.00 bits per heavy atom. The van der Waals surface area contributed by atoms with E-state index >= 15 is 0 Å². The highest BCUT2D eigenvalue weighted by atomic mass is 16.5. The molecule has 0 heterocycles. The van der Waals surface area contributed by atoms with Gasteiger partial charge < -0.3 is 4.74 Å². The van der Waals surface area contributed by atoms with Crippen LogP contribution >= 0.6 is 0 Å². The van der Waals surface area contributed by atoms with Crippen molar-refractivity contribution in [2.24, 2.45) is 0 Å². The highest BCUT2D eigenvalue weighted by Gasteiger charge is 2.01. The Bertz CT molecular complexity index is 446. The second-order valence-electron chi connectivity index (χ2n) is 3.36. The van der Waals surface area contributed by atoms with Crippen LogP contribution in [0.1, 0.15) is 12.5 Å². The van der Waals surface area contributed by atoms with Crippen LogP contribution in [0.15, 0.2) is 36.4 Å². The lowest BCUT2D eigenvalue weighted by molar-refractivity contribution is 0.344. The highest BCUT2D eigenvalue weighted by Crippen LogP contribution is 2.27. The molecule has 0 aliphatic rings. The van der Waals surface area contributed by atoms with E-state index in [0.717, 1.165) is 5.75 Å². The van der Waals surface area contributed by atoms with E-state index in [1.165, 1.54) is 16.3 Å². The molecule has 0 spiro atoms. The molecule has 0 bridgehead atoms. The number of hydrogen-bond donors (Lipinski definition) is 0. The third kappa shape index (κ3) is 1.46. The SMILES string of the molecule is CCOc1cccc2c(C)cccc12. The first kappa shape index (κ1) is 9.07. The Kier molecular flexibility index (Phi) is 2.40. The smallest absolute Gasteiger partial charge is 0.127 e. The molecule has 2 aromatic rings. The van der Waals surface area contributed by atoms with Crippen LogP contribution in [0, 0.1) is 6.92 Å². The standard InChI is InChI=1S/C13H14O/c1-3-14-13-9-5-7-11-10(2)6-4-8-12(11)13/h4-9H,3H2,1-2H3.